The third kappa shape index (κ3) is 4.93. The fraction of sp³-hybridized carbons (Fsp3) is 0. The zero-order valence-electron chi connectivity index (χ0n) is 14.4. The Morgan fingerprint density at radius 3 is 2.29 bits per heavy atom. The van der Waals surface area contributed by atoms with Gasteiger partial charge in [-0.25, -0.2) is 10.3 Å². The Bertz CT molecular complexity index is 1020. The summed E-state index contributed by atoms with van der Waals surface area (Å²) < 4.78 is 0. The van der Waals surface area contributed by atoms with E-state index in [-0.39, 0.29) is 11.3 Å². The molecule has 3 rings (SSSR count). The molecular formula is C20H14ClN3O4. The number of phenolic OH excluding ortho intramolecular Hbond substituents is 1. The highest BCUT2D eigenvalue weighted by Gasteiger charge is 2.09. The van der Waals surface area contributed by atoms with E-state index in [0.29, 0.717) is 22.0 Å². The average Bonchev–Trinajstić information content (AvgIpc) is 2.72. The number of carbonyl (C=O) groups excluding carboxylic acids is 2. The van der Waals surface area contributed by atoms with Crippen molar-refractivity contribution in [1.29, 1.82) is 0 Å². The minimum absolute atomic E-state index is 0.0682. The van der Waals surface area contributed by atoms with Gasteiger partial charge in [-0.1, -0.05) is 23.7 Å². The number of anilines is 1. The molecule has 0 fully saturated rings. The second kappa shape index (κ2) is 8.79. The number of nitrogens with zero attached hydrogens (tertiary/aromatic N) is 2. The maximum absolute atomic E-state index is 11.9. The first kappa shape index (κ1) is 19.1. The fourth-order valence-electron chi connectivity index (χ4n) is 2.16. The van der Waals surface area contributed by atoms with Crippen molar-refractivity contribution in [2.45, 2.75) is 0 Å². The van der Waals surface area contributed by atoms with Gasteiger partial charge < -0.3 is 9.94 Å². The van der Waals surface area contributed by atoms with Crippen LogP contribution in [-0.2, 0) is 4.84 Å². The number of nitrogens with one attached hydrogen (secondary N) is 1. The molecule has 3 aromatic rings. The van der Waals surface area contributed by atoms with Crippen molar-refractivity contribution < 1.29 is 19.5 Å². The smallest absolute Gasteiger partial charge is 0.362 e. The lowest BCUT2D eigenvalue weighted by atomic mass is 10.2. The van der Waals surface area contributed by atoms with E-state index in [9.17, 15) is 14.7 Å². The van der Waals surface area contributed by atoms with Gasteiger partial charge in [0.1, 0.15) is 5.75 Å². The summed E-state index contributed by atoms with van der Waals surface area (Å²) in [6.07, 6.45) is 0. The van der Waals surface area contributed by atoms with Gasteiger partial charge in [-0.3, -0.25) is 4.79 Å². The summed E-state index contributed by atoms with van der Waals surface area (Å²) >= 11 is 5.77. The average molecular weight is 396 g/mol. The Morgan fingerprint density at radius 2 is 1.61 bits per heavy atom. The topological polar surface area (TPSA) is 100 Å². The van der Waals surface area contributed by atoms with Crippen LogP contribution in [-0.4, -0.2) is 17.0 Å². The zero-order valence-corrected chi connectivity index (χ0v) is 15.1. The normalized spacial score (nSPS) is 10.6. The van der Waals surface area contributed by atoms with Gasteiger partial charge in [-0.05, 0) is 60.7 Å². The number of rotatable bonds is 5. The highest BCUT2D eigenvalue weighted by Crippen LogP contribution is 2.20. The fourth-order valence-corrected chi connectivity index (χ4v) is 2.28. The number of benzene rings is 3. The molecule has 0 bridgehead atoms. The molecule has 0 saturated carbocycles. The minimum Gasteiger partial charge on any atom is -0.507 e. The standard InChI is InChI=1S/C20H14ClN3O4/c21-14-7-5-13(6-8-14)20(27)28-24-16-11-9-15(10-12-16)22-23-19(26)17-3-1-2-4-18(17)25/h1-12,24-25H. The van der Waals surface area contributed by atoms with Crippen molar-refractivity contribution >= 4 is 34.9 Å². The van der Waals surface area contributed by atoms with Crippen molar-refractivity contribution in [2.24, 2.45) is 10.2 Å². The van der Waals surface area contributed by atoms with Gasteiger partial charge in [-0.2, -0.15) is 0 Å². The molecule has 0 heterocycles. The number of azo groups is 1. The molecular weight excluding hydrogens is 382 g/mol. The lowest BCUT2D eigenvalue weighted by Crippen LogP contribution is -2.10. The number of phenols is 1. The van der Waals surface area contributed by atoms with Crippen LogP contribution in [0.25, 0.3) is 0 Å². The van der Waals surface area contributed by atoms with Crippen molar-refractivity contribution in [3.63, 3.8) is 0 Å². The first-order valence-corrected chi connectivity index (χ1v) is 8.47. The van der Waals surface area contributed by atoms with E-state index in [4.69, 9.17) is 16.4 Å². The highest BCUT2D eigenvalue weighted by atomic mass is 35.5. The molecule has 0 saturated heterocycles. The molecule has 0 aliphatic carbocycles. The first-order valence-electron chi connectivity index (χ1n) is 8.10. The molecule has 1 amide bonds. The van der Waals surface area contributed by atoms with Crippen molar-refractivity contribution in [1.82, 2.24) is 0 Å². The Balaban J connectivity index is 1.57. The van der Waals surface area contributed by atoms with Crippen LogP contribution in [0.15, 0.2) is 83.0 Å². The van der Waals surface area contributed by atoms with Gasteiger partial charge in [0, 0.05) is 5.02 Å². The van der Waals surface area contributed by atoms with Crippen LogP contribution in [0.3, 0.4) is 0 Å². The van der Waals surface area contributed by atoms with Crippen LogP contribution < -0.4 is 5.48 Å². The SMILES string of the molecule is O=C(ONc1ccc(N=NC(=O)c2ccccc2O)cc1)c1ccc(Cl)cc1. The second-order valence-corrected chi connectivity index (χ2v) is 6.00. The highest BCUT2D eigenvalue weighted by molar-refractivity contribution is 6.30. The van der Waals surface area contributed by atoms with E-state index < -0.39 is 11.9 Å². The third-order valence-electron chi connectivity index (χ3n) is 3.60. The molecule has 28 heavy (non-hydrogen) atoms. The molecule has 7 nitrogen and oxygen atoms in total. The van der Waals surface area contributed by atoms with Gasteiger partial charge in [0.15, 0.2) is 0 Å². The van der Waals surface area contributed by atoms with Crippen molar-refractivity contribution in [3.05, 3.63) is 88.9 Å². The monoisotopic (exact) mass is 395 g/mol. The molecule has 0 aromatic heterocycles. The summed E-state index contributed by atoms with van der Waals surface area (Å²) in [6, 6.07) is 18.7. The van der Waals surface area contributed by atoms with Gasteiger partial charge in [0.25, 0.3) is 5.91 Å². The Kier molecular flexibility index (Phi) is 5.98. The number of para-hydroxylation sites is 1. The Labute approximate surface area is 165 Å². The minimum atomic E-state index is -0.655. The molecule has 3 aromatic carbocycles. The zero-order chi connectivity index (χ0) is 19.9. The van der Waals surface area contributed by atoms with Gasteiger partial charge >= 0.3 is 5.97 Å². The molecule has 0 aliphatic heterocycles. The van der Waals surface area contributed by atoms with Crippen LogP contribution in [0, 0.1) is 0 Å². The molecule has 0 aliphatic rings. The molecule has 2 N–H and O–H groups in total. The summed E-state index contributed by atoms with van der Waals surface area (Å²) in [4.78, 5) is 28.9. The number of hydrogen-bond acceptors (Lipinski definition) is 6. The van der Waals surface area contributed by atoms with E-state index in [1.54, 1.807) is 60.7 Å². The summed E-state index contributed by atoms with van der Waals surface area (Å²) in [5, 5.41) is 17.6. The quantitative estimate of drug-likeness (QED) is 0.459. The largest absolute Gasteiger partial charge is 0.507 e. The molecule has 0 unspecified atom stereocenters. The Morgan fingerprint density at radius 1 is 0.929 bits per heavy atom. The lowest BCUT2D eigenvalue weighted by Gasteiger charge is -2.07. The summed E-state index contributed by atoms with van der Waals surface area (Å²) in [5.41, 5.74) is 3.87. The third-order valence-corrected chi connectivity index (χ3v) is 3.85. The number of hydrogen-bond donors (Lipinski definition) is 2. The van der Waals surface area contributed by atoms with Crippen molar-refractivity contribution in [2.75, 3.05) is 5.48 Å². The Hall–Kier alpha value is -3.71. The second-order valence-electron chi connectivity index (χ2n) is 5.57. The first-order chi connectivity index (χ1) is 13.5. The van der Waals surface area contributed by atoms with Crippen LogP contribution in [0.2, 0.25) is 5.02 Å². The maximum atomic E-state index is 11.9. The number of amides is 1. The van der Waals surface area contributed by atoms with E-state index in [0.717, 1.165) is 0 Å². The van der Waals surface area contributed by atoms with Crippen LogP contribution >= 0.6 is 11.6 Å². The molecule has 0 radical (unpaired) electrons. The molecule has 0 spiro atoms. The number of carbonyl (C=O) groups is 2. The number of halogens is 1. The predicted octanol–water partition coefficient (Wildman–Crippen LogP) is 5.15. The summed E-state index contributed by atoms with van der Waals surface area (Å²) in [7, 11) is 0. The van der Waals surface area contributed by atoms with E-state index in [2.05, 4.69) is 15.7 Å². The van der Waals surface area contributed by atoms with E-state index in [1.165, 1.54) is 12.1 Å². The van der Waals surface area contributed by atoms with Gasteiger partial charge in [0.05, 0.1) is 22.5 Å². The van der Waals surface area contributed by atoms with Gasteiger partial charge in [0.2, 0.25) is 0 Å². The predicted molar refractivity (Wildman–Crippen MR) is 104 cm³/mol. The summed E-state index contributed by atoms with van der Waals surface area (Å²) in [5.74, 6) is -1.38. The van der Waals surface area contributed by atoms with Crippen LogP contribution in [0.4, 0.5) is 11.4 Å². The van der Waals surface area contributed by atoms with E-state index >= 15 is 0 Å². The molecule has 140 valence electrons. The van der Waals surface area contributed by atoms with E-state index in [1.807, 2.05) is 0 Å². The molecule has 0 atom stereocenters. The van der Waals surface area contributed by atoms with Gasteiger partial charge in [-0.15, -0.1) is 10.2 Å². The van der Waals surface area contributed by atoms with Crippen LogP contribution in [0.1, 0.15) is 20.7 Å². The van der Waals surface area contributed by atoms with Crippen molar-refractivity contribution in [3.8, 4) is 5.75 Å². The summed E-state index contributed by atoms with van der Waals surface area (Å²) in [6.45, 7) is 0. The molecule has 8 heteroatoms. The number of aromatic hydroxyl groups is 1. The van der Waals surface area contributed by atoms with Crippen LogP contribution in [0.5, 0.6) is 5.75 Å². The lowest BCUT2D eigenvalue weighted by molar-refractivity contribution is 0.0596. The maximum Gasteiger partial charge on any atom is 0.362 e.